The minimum atomic E-state index is -0.548. The van der Waals surface area contributed by atoms with Crippen LogP contribution in [-0.2, 0) is 4.79 Å². The number of halogens is 1. The number of fused-ring (bicyclic) bond motifs is 1. The van der Waals surface area contributed by atoms with Crippen LogP contribution in [0.15, 0.2) is 42.5 Å². The molecule has 0 atom stereocenters. The number of ether oxygens (including phenoxy) is 2. The van der Waals surface area contributed by atoms with E-state index >= 15 is 0 Å². The van der Waals surface area contributed by atoms with Gasteiger partial charge in [0.2, 0.25) is 5.91 Å². The summed E-state index contributed by atoms with van der Waals surface area (Å²) in [5, 5.41) is 5.22. The van der Waals surface area contributed by atoms with Crippen molar-refractivity contribution >= 4 is 17.5 Å². The lowest BCUT2D eigenvalue weighted by Gasteiger charge is -2.21. The van der Waals surface area contributed by atoms with Crippen molar-refractivity contribution in [3.8, 4) is 11.5 Å². The number of hydrogen-bond donors (Lipinski definition) is 2. The van der Waals surface area contributed by atoms with Gasteiger partial charge in [0.05, 0.1) is 6.54 Å². The summed E-state index contributed by atoms with van der Waals surface area (Å²) in [6, 6.07) is 10.3. The Bertz CT molecular complexity index is 876. The molecule has 0 bridgehead atoms. The summed E-state index contributed by atoms with van der Waals surface area (Å²) in [5.41, 5.74) is 0.850. The summed E-state index contributed by atoms with van der Waals surface area (Å²) in [5.74, 6) is -0.497. The molecule has 1 fully saturated rings. The number of carbonyl (C=O) groups excluding carboxylic acids is 2. The number of nitrogens with one attached hydrogen (secondary N) is 2. The zero-order valence-corrected chi connectivity index (χ0v) is 14.6. The molecular weight excluding hydrogens is 351 g/mol. The first-order chi connectivity index (χ1) is 13.0. The molecule has 1 spiro atoms. The van der Waals surface area contributed by atoms with E-state index in [-0.39, 0.29) is 18.0 Å². The Kier molecular flexibility index (Phi) is 4.43. The Morgan fingerprint density at radius 1 is 1.00 bits per heavy atom. The lowest BCUT2D eigenvalue weighted by molar-refractivity contribution is -0.115. The number of benzene rings is 2. The maximum Gasteiger partial charge on any atom is 0.251 e. The minimum absolute atomic E-state index is 0.200. The number of hydrogen-bond acceptors (Lipinski definition) is 4. The quantitative estimate of drug-likeness (QED) is 0.866. The molecule has 1 saturated carbocycles. The third-order valence-corrected chi connectivity index (χ3v) is 4.70. The first kappa shape index (κ1) is 17.3. The highest BCUT2D eigenvalue weighted by Crippen LogP contribution is 2.47. The third kappa shape index (κ3) is 3.72. The summed E-state index contributed by atoms with van der Waals surface area (Å²) >= 11 is 0. The van der Waals surface area contributed by atoms with Crippen LogP contribution in [0.1, 0.15) is 36.0 Å². The SMILES string of the molecule is O=C(CNC(=O)c1ccc(F)cc1)Nc1ccc2c(c1)OC1(CCCC1)O2. The summed E-state index contributed by atoms with van der Waals surface area (Å²) < 4.78 is 24.8. The maximum atomic E-state index is 12.9. The van der Waals surface area contributed by atoms with Crippen molar-refractivity contribution in [1.29, 1.82) is 0 Å². The van der Waals surface area contributed by atoms with E-state index in [2.05, 4.69) is 10.6 Å². The summed E-state index contributed by atoms with van der Waals surface area (Å²) in [6.45, 7) is -0.200. The molecule has 0 aromatic heterocycles. The third-order valence-electron chi connectivity index (χ3n) is 4.70. The van der Waals surface area contributed by atoms with Gasteiger partial charge in [-0.3, -0.25) is 9.59 Å². The molecule has 4 rings (SSSR count). The first-order valence-corrected chi connectivity index (χ1v) is 8.89. The molecular formula is C20H19FN2O4. The summed E-state index contributed by atoms with van der Waals surface area (Å²) in [4.78, 5) is 24.1. The van der Waals surface area contributed by atoms with Crippen molar-refractivity contribution in [3.05, 3.63) is 53.8 Å². The lowest BCUT2D eigenvalue weighted by Crippen LogP contribution is -2.34. The normalized spacial score (nSPS) is 16.3. The topological polar surface area (TPSA) is 76.7 Å². The van der Waals surface area contributed by atoms with Crippen LogP contribution in [0, 0.1) is 5.82 Å². The summed E-state index contributed by atoms with van der Waals surface area (Å²) in [7, 11) is 0. The second-order valence-electron chi connectivity index (χ2n) is 6.72. The van der Waals surface area contributed by atoms with Gasteiger partial charge >= 0.3 is 0 Å². The van der Waals surface area contributed by atoms with Gasteiger partial charge in [-0.1, -0.05) is 0 Å². The molecule has 1 aliphatic carbocycles. The molecule has 2 aromatic carbocycles. The van der Waals surface area contributed by atoms with Crippen molar-refractivity contribution < 1.29 is 23.5 Å². The molecule has 2 aliphatic rings. The first-order valence-electron chi connectivity index (χ1n) is 8.89. The van der Waals surface area contributed by atoms with Gasteiger partial charge in [0.1, 0.15) is 5.82 Å². The molecule has 0 unspecified atom stereocenters. The van der Waals surface area contributed by atoms with Crippen LogP contribution in [0.5, 0.6) is 11.5 Å². The van der Waals surface area contributed by atoms with Gasteiger partial charge in [-0.25, -0.2) is 4.39 Å². The van der Waals surface area contributed by atoms with Crippen LogP contribution in [0.25, 0.3) is 0 Å². The van der Waals surface area contributed by atoms with E-state index in [1.807, 2.05) is 0 Å². The summed E-state index contributed by atoms with van der Waals surface area (Å²) in [6.07, 6.45) is 3.87. The average Bonchev–Trinajstić information content (AvgIpc) is 3.26. The van der Waals surface area contributed by atoms with Crippen LogP contribution >= 0.6 is 0 Å². The molecule has 7 heteroatoms. The monoisotopic (exact) mass is 370 g/mol. The fourth-order valence-electron chi connectivity index (χ4n) is 3.36. The van der Waals surface area contributed by atoms with E-state index in [0.29, 0.717) is 17.2 Å². The van der Waals surface area contributed by atoms with Crippen molar-refractivity contribution in [2.75, 3.05) is 11.9 Å². The van der Waals surface area contributed by atoms with E-state index in [1.54, 1.807) is 18.2 Å². The van der Waals surface area contributed by atoms with E-state index in [9.17, 15) is 14.0 Å². The molecule has 0 radical (unpaired) electrons. The van der Waals surface area contributed by atoms with E-state index in [1.165, 1.54) is 24.3 Å². The molecule has 140 valence electrons. The van der Waals surface area contributed by atoms with Crippen molar-refractivity contribution in [3.63, 3.8) is 0 Å². The van der Waals surface area contributed by atoms with E-state index in [4.69, 9.17) is 9.47 Å². The largest absolute Gasteiger partial charge is 0.448 e. The minimum Gasteiger partial charge on any atom is -0.448 e. The fraction of sp³-hybridized carbons (Fsp3) is 0.300. The van der Waals surface area contributed by atoms with Crippen LogP contribution in [0.3, 0.4) is 0 Å². The highest BCUT2D eigenvalue weighted by molar-refractivity contribution is 5.99. The number of carbonyl (C=O) groups is 2. The Hall–Kier alpha value is -3.09. The lowest BCUT2D eigenvalue weighted by atomic mass is 10.2. The van der Waals surface area contributed by atoms with E-state index in [0.717, 1.165) is 25.7 Å². The van der Waals surface area contributed by atoms with E-state index < -0.39 is 17.5 Å². The van der Waals surface area contributed by atoms with Gasteiger partial charge in [0, 0.05) is 30.2 Å². The fourth-order valence-corrected chi connectivity index (χ4v) is 3.36. The highest BCUT2D eigenvalue weighted by atomic mass is 19.1. The molecule has 27 heavy (non-hydrogen) atoms. The van der Waals surface area contributed by atoms with Crippen LogP contribution in [-0.4, -0.2) is 24.1 Å². The van der Waals surface area contributed by atoms with Gasteiger partial charge in [-0.2, -0.15) is 0 Å². The second kappa shape index (κ2) is 6.90. The van der Waals surface area contributed by atoms with Crippen molar-refractivity contribution in [2.45, 2.75) is 31.5 Å². The van der Waals surface area contributed by atoms with Crippen molar-refractivity contribution in [1.82, 2.24) is 5.32 Å². The molecule has 1 heterocycles. The molecule has 2 amide bonds. The van der Waals surface area contributed by atoms with Gasteiger partial charge in [-0.05, 0) is 49.2 Å². The smallest absolute Gasteiger partial charge is 0.251 e. The average molecular weight is 370 g/mol. The van der Waals surface area contributed by atoms with Crippen LogP contribution in [0.2, 0.25) is 0 Å². The van der Waals surface area contributed by atoms with Crippen molar-refractivity contribution in [2.24, 2.45) is 0 Å². The molecule has 2 aromatic rings. The Balaban J connectivity index is 1.33. The number of amides is 2. The molecule has 6 nitrogen and oxygen atoms in total. The zero-order valence-electron chi connectivity index (χ0n) is 14.6. The Labute approximate surface area is 155 Å². The molecule has 2 N–H and O–H groups in total. The molecule has 0 saturated heterocycles. The van der Waals surface area contributed by atoms with Crippen LogP contribution < -0.4 is 20.1 Å². The highest BCUT2D eigenvalue weighted by Gasteiger charge is 2.44. The Morgan fingerprint density at radius 3 is 2.44 bits per heavy atom. The Morgan fingerprint density at radius 2 is 1.70 bits per heavy atom. The zero-order chi connectivity index (χ0) is 18.9. The second-order valence-corrected chi connectivity index (χ2v) is 6.72. The van der Waals surface area contributed by atoms with Crippen LogP contribution in [0.4, 0.5) is 10.1 Å². The number of anilines is 1. The number of rotatable bonds is 4. The molecule has 1 aliphatic heterocycles. The van der Waals surface area contributed by atoms with Gasteiger partial charge in [-0.15, -0.1) is 0 Å². The maximum absolute atomic E-state index is 12.9. The van der Waals surface area contributed by atoms with Gasteiger partial charge in [0.25, 0.3) is 11.7 Å². The predicted molar refractivity (Wildman–Crippen MR) is 96.3 cm³/mol. The van der Waals surface area contributed by atoms with Gasteiger partial charge < -0.3 is 20.1 Å². The standard InChI is InChI=1S/C20H19FN2O4/c21-14-5-3-13(4-6-14)19(25)22-12-18(24)23-15-7-8-16-17(11-15)27-20(26-16)9-1-2-10-20/h3-8,11H,1-2,9-10,12H2,(H,22,25)(H,23,24). The van der Waals surface area contributed by atoms with Gasteiger partial charge in [0.15, 0.2) is 11.5 Å². The predicted octanol–water partition coefficient (Wildman–Crippen LogP) is 3.24.